The van der Waals surface area contributed by atoms with Crippen molar-refractivity contribution >= 4 is 28.4 Å². The average Bonchev–Trinajstić information content (AvgIpc) is 3.05. The van der Waals surface area contributed by atoms with Gasteiger partial charge in [-0.3, -0.25) is 10.0 Å². The Balaban J connectivity index is 1.64. The van der Waals surface area contributed by atoms with Crippen molar-refractivity contribution in [2.24, 2.45) is 7.05 Å². The summed E-state index contributed by atoms with van der Waals surface area (Å²) >= 11 is 0. The first-order chi connectivity index (χ1) is 13.2. The van der Waals surface area contributed by atoms with Crippen molar-refractivity contribution in [3.05, 3.63) is 72.6 Å². The molecule has 27 heavy (non-hydrogen) atoms. The smallest absolute Gasteiger partial charge is 0.274 e. The van der Waals surface area contributed by atoms with Gasteiger partial charge in [0.1, 0.15) is 0 Å². The number of anilines is 2. The van der Waals surface area contributed by atoms with Gasteiger partial charge >= 0.3 is 0 Å². The van der Waals surface area contributed by atoms with E-state index in [1.165, 1.54) is 0 Å². The van der Waals surface area contributed by atoms with Crippen LogP contribution in [0.5, 0.6) is 0 Å². The Hall–Kier alpha value is -3.71. The lowest BCUT2D eigenvalue weighted by Gasteiger charge is -2.07. The molecule has 7 heteroatoms. The number of nitrogens with zero attached hydrogens (tertiary/aromatic N) is 3. The van der Waals surface area contributed by atoms with Gasteiger partial charge < -0.3 is 9.88 Å². The molecule has 4 rings (SSSR count). The highest BCUT2D eigenvalue weighted by molar-refractivity contribution is 5.95. The molecular weight excluding hydrogens is 342 g/mol. The molecule has 1 amide bonds. The van der Waals surface area contributed by atoms with E-state index in [-0.39, 0.29) is 0 Å². The maximum atomic E-state index is 11.4. The summed E-state index contributed by atoms with van der Waals surface area (Å²) < 4.78 is 2.07. The van der Waals surface area contributed by atoms with E-state index in [2.05, 4.69) is 38.2 Å². The number of hydroxylamine groups is 1. The summed E-state index contributed by atoms with van der Waals surface area (Å²) in [7, 11) is 2.01. The summed E-state index contributed by atoms with van der Waals surface area (Å²) in [5, 5.41) is 12.9. The molecule has 134 valence electrons. The molecule has 0 atom stereocenters. The molecule has 0 radical (unpaired) electrons. The molecule has 2 heterocycles. The summed E-state index contributed by atoms with van der Waals surface area (Å²) in [6.07, 6.45) is 3.76. The lowest BCUT2D eigenvalue weighted by molar-refractivity contribution is 0.0706. The molecule has 0 aliphatic carbocycles. The van der Waals surface area contributed by atoms with Crippen LogP contribution < -0.4 is 10.8 Å². The van der Waals surface area contributed by atoms with Gasteiger partial charge in [0.25, 0.3) is 5.91 Å². The van der Waals surface area contributed by atoms with Gasteiger partial charge in [0.15, 0.2) is 0 Å². The fourth-order valence-electron chi connectivity index (χ4n) is 3.01. The number of hydrogen-bond acceptors (Lipinski definition) is 5. The number of amides is 1. The van der Waals surface area contributed by atoms with Crippen LogP contribution in [0.4, 0.5) is 11.6 Å². The van der Waals surface area contributed by atoms with Gasteiger partial charge in [-0.05, 0) is 36.4 Å². The Morgan fingerprint density at radius 1 is 1.07 bits per heavy atom. The lowest BCUT2D eigenvalue weighted by atomic mass is 10.1. The topological polar surface area (TPSA) is 92.1 Å². The number of benzene rings is 2. The quantitative estimate of drug-likeness (QED) is 0.383. The van der Waals surface area contributed by atoms with Crippen LogP contribution in [-0.2, 0) is 7.05 Å². The molecule has 4 aromatic rings. The van der Waals surface area contributed by atoms with Gasteiger partial charge in [0, 0.05) is 47.2 Å². The van der Waals surface area contributed by atoms with Crippen LogP contribution in [0.1, 0.15) is 10.4 Å². The van der Waals surface area contributed by atoms with Crippen molar-refractivity contribution in [2.75, 3.05) is 5.32 Å². The zero-order chi connectivity index (χ0) is 18.8. The predicted octanol–water partition coefficient (Wildman–Crippen LogP) is 3.50. The minimum absolute atomic E-state index is 0.355. The third-order valence-corrected chi connectivity index (χ3v) is 4.33. The number of carbonyl (C=O) groups is 1. The number of rotatable bonds is 4. The second-order valence-corrected chi connectivity index (χ2v) is 6.08. The number of fused-ring (bicyclic) bond motifs is 1. The van der Waals surface area contributed by atoms with Crippen LogP contribution in [0.15, 0.2) is 67.0 Å². The number of aromatic nitrogens is 3. The number of aryl methyl sites for hydroxylation is 1. The van der Waals surface area contributed by atoms with Crippen LogP contribution in [0.3, 0.4) is 0 Å². The Morgan fingerprint density at radius 3 is 2.63 bits per heavy atom. The fourth-order valence-corrected chi connectivity index (χ4v) is 3.01. The normalized spacial score (nSPS) is 10.7. The molecular formula is C20H17N5O2. The number of nitrogens with one attached hydrogen (secondary N) is 2. The zero-order valence-corrected chi connectivity index (χ0v) is 14.5. The minimum atomic E-state index is -0.559. The number of carbonyl (C=O) groups excluding carboxylic acids is 1. The van der Waals surface area contributed by atoms with Crippen molar-refractivity contribution in [3.63, 3.8) is 0 Å². The van der Waals surface area contributed by atoms with Gasteiger partial charge in [-0.15, -0.1) is 0 Å². The summed E-state index contributed by atoms with van der Waals surface area (Å²) in [6.45, 7) is 0. The van der Waals surface area contributed by atoms with E-state index < -0.39 is 5.91 Å². The van der Waals surface area contributed by atoms with E-state index in [9.17, 15) is 4.79 Å². The first kappa shape index (κ1) is 16.7. The van der Waals surface area contributed by atoms with E-state index in [0.29, 0.717) is 11.5 Å². The molecule has 0 fully saturated rings. The van der Waals surface area contributed by atoms with Crippen LogP contribution in [-0.4, -0.2) is 25.6 Å². The van der Waals surface area contributed by atoms with Crippen molar-refractivity contribution in [3.8, 4) is 11.3 Å². The highest BCUT2D eigenvalue weighted by atomic mass is 16.5. The van der Waals surface area contributed by atoms with Crippen LogP contribution in [0.2, 0.25) is 0 Å². The van der Waals surface area contributed by atoms with Crippen molar-refractivity contribution < 1.29 is 10.0 Å². The Labute approximate surface area is 155 Å². The Morgan fingerprint density at radius 2 is 1.85 bits per heavy atom. The van der Waals surface area contributed by atoms with E-state index >= 15 is 0 Å². The fraction of sp³-hybridized carbons (Fsp3) is 0.0500. The SMILES string of the molecule is Cn1cc(-c2ccnc(Nc3ccc(C(=O)NO)cc3)n2)c2ccccc21. The molecule has 0 aliphatic rings. The van der Waals surface area contributed by atoms with E-state index in [4.69, 9.17) is 5.21 Å². The van der Waals surface area contributed by atoms with Crippen molar-refractivity contribution in [1.29, 1.82) is 0 Å². The molecule has 0 unspecified atom stereocenters. The molecule has 0 saturated heterocycles. The average molecular weight is 359 g/mol. The molecule has 0 bridgehead atoms. The van der Waals surface area contributed by atoms with Crippen LogP contribution >= 0.6 is 0 Å². The van der Waals surface area contributed by atoms with Crippen molar-refractivity contribution in [2.45, 2.75) is 0 Å². The summed E-state index contributed by atoms with van der Waals surface area (Å²) in [6, 6.07) is 16.7. The molecule has 3 N–H and O–H groups in total. The lowest BCUT2D eigenvalue weighted by Crippen LogP contribution is -2.18. The molecule has 0 aliphatic heterocycles. The predicted molar refractivity (Wildman–Crippen MR) is 103 cm³/mol. The highest BCUT2D eigenvalue weighted by Crippen LogP contribution is 2.29. The van der Waals surface area contributed by atoms with Crippen molar-refractivity contribution in [1.82, 2.24) is 20.0 Å². The van der Waals surface area contributed by atoms with Crippen LogP contribution in [0.25, 0.3) is 22.2 Å². The second-order valence-electron chi connectivity index (χ2n) is 6.08. The maximum Gasteiger partial charge on any atom is 0.274 e. The van der Waals surface area contributed by atoms with E-state index in [1.807, 2.05) is 25.2 Å². The Kier molecular flexibility index (Phi) is 4.27. The highest BCUT2D eigenvalue weighted by Gasteiger charge is 2.10. The second kappa shape index (κ2) is 6.89. The van der Waals surface area contributed by atoms with Crippen LogP contribution in [0, 0.1) is 0 Å². The number of para-hydroxylation sites is 1. The van der Waals surface area contributed by atoms with E-state index in [0.717, 1.165) is 27.8 Å². The molecule has 0 saturated carbocycles. The number of hydrogen-bond donors (Lipinski definition) is 3. The van der Waals surface area contributed by atoms with Gasteiger partial charge in [-0.1, -0.05) is 18.2 Å². The molecule has 2 aromatic carbocycles. The van der Waals surface area contributed by atoms with Gasteiger partial charge in [-0.25, -0.2) is 15.4 Å². The third kappa shape index (κ3) is 3.23. The molecule has 7 nitrogen and oxygen atoms in total. The van der Waals surface area contributed by atoms with Gasteiger partial charge in [0.05, 0.1) is 5.69 Å². The first-order valence-electron chi connectivity index (χ1n) is 8.35. The summed E-state index contributed by atoms with van der Waals surface area (Å²) in [5.41, 5.74) is 5.69. The Bertz CT molecular complexity index is 1120. The van der Waals surface area contributed by atoms with Gasteiger partial charge in [0.2, 0.25) is 5.95 Å². The zero-order valence-electron chi connectivity index (χ0n) is 14.5. The standard InChI is InChI=1S/C20H17N5O2/c1-25-12-16(15-4-2-3-5-18(15)25)17-10-11-21-20(23-17)22-14-8-6-13(7-9-14)19(26)24-27/h2-12,27H,1H3,(H,24,26)(H,21,22,23). The van der Waals surface area contributed by atoms with E-state index in [1.54, 1.807) is 35.9 Å². The largest absolute Gasteiger partial charge is 0.350 e. The summed E-state index contributed by atoms with van der Waals surface area (Å²) in [5.74, 6) is -0.101. The summed E-state index contributed by atoms with van der Waals surface area (Å²) in [4.78, 5) is 20.3. The maximum absolute atomic E-state index is 11.4. The first-order valence-corrected chi connectivity index (χ1v) is 8.35. The van der Waals surface area contributed by atoms with Gasteiger partial charge in [-0.2, -0.15) is 0 Å². The molecule has 2 aromatic heterocycles. The molecule has 0 spiro atoms. The minimum Gasteiger partial charge on any atom is -0.350 e. The monoisotopic (exact) mass is 359 g/mol. The third-order valence-electron chi connectivity index (χ3n) is 4.33.